The van der Waals surface area contributed by atoms with E-state index in [9.17, 15) is 9.59 Å². The molecule has 1 heterocycles. The Hall–Kier alpha value is -1.40. The number of rotatable bonds is 7. The third kappa shape index (κ3) is 3.44. The van der Waals surface area contributed by atoms with E-state index in [0.717, 1.165) is 0 Å². The summed E-state index contributed by atoms with van der Waals surface area (Å²) >= 11 is 0. The van der Waals surface area contributed by atoms with Gasteiger partial charge in [0, 0.05) is 26.3 Å². The van der Waals surface area contributed by atoms with Crippen molar-refractivity contribution >= 4 is 11.7 Å². The zero-order chi connectivity index (χ0) is 16.0. The number of allylic oxidation sites excluding steroid dienone is 1. The van der Waals surface area contributed by atoms with E-state index in [-0.39, 0.29) is 18.1 Å². The Kier molecular flexibility index (Phi) is 6.36. The number of Topliss-reactive ketones (excluding diaryl/α,β-unsaturated/α-hetero) is 1. The molecule has 0 N–H and O–H groups in total. The second-order valence-electron chi connectivity index (χ2n) is 4.65. The van der Waals surface area contributed by atoms with Gasteiger partial charge in [0.2, 0.25) is 5.78 Å². The molecule has 0 aromatic carbocycles. The van der Waals surface area contributed by atoms with E-state index in [1.54, 1.807) is 25.7 Å². The van der Waals surface area contributed by atoms with E-state index >= 15 is 0 Å². The first kappa shape index (κ1) is 17.7. The highest BCUT2D eigenvalue weighted by atomic mass is 16.7. The predicted octanol–water partition coefficient (Wildman–Crippen LogP) is 1.50. The molecule has 0 aromatic rings. The summed E-state index contributed by atoms with van der Waals surface area (Å²) in [6.07, 6.45) is 0. The number of nitrogens with zero attached hydrogens (tertiary/aromatic N) is 1. The molecule has 0 bridgehead atoms. The van der Waals surface area contributed by atoms with Gasteiger partial charge in [0.1, 0.15) is 17.9 Å². The summed E-state index contributed by atoms with van der Waals surface area (Å²) in [7, 11) is 0. The molecule has 6 nitrogen and oxygen atoms in total. The van der Waals surface area contributed by atoms with Crippen LogP contribution in [0, 0.1) is 0 Å². The van der Waals surface area contributed by atoms with E-state index in [1.807, 2.05) is 13.8 Å². The van der Waals surface area contributed by atoms with Gasteiger partial charge in [0.05, 0.1) is 0 Å². The maximum absolute atomic E-state index is 12.8. The summed E-state index contributed by atoms with van der Waals surface area (Å²) < 4.78 is 16.5. The van der Waals surface area contributed by atoms with Crippen molar-refractivity contribution in [1.82, 2.24) is 4.90 Å². The summed E-state index contributed by atoms with van der Waals surface area (Å²) in [5.41, 5.74) is 0.0202. The van der Waals surface area contributed by atoms with E-state index in [2.05, 4.69) is 0 Å². The molecule has 0 aromatic heterocycles. The molecule has 1 aliphatic heterocycles. The fraction of sp³-hybridized carbons (Fsp3) is 0.733. The summed E-state index contributed by atoms with van der Waals surface area (Å²) in [6.45, 7) is 10.5. The summed E-state index contributed by atoms with van der Waals surface area (Å²) in [5, 5.41) is 0. The molecule has 0 aliphatic carbocycles. The number of carbonyl (C=O) groups is 2. The number of carbonyl (C=O) groups excluding carboxylic acids is 2. The van der Waals surface area contributed by atoms with Gasteiger partial charge in [-0.15, -0.1) is 0 Å². The Labute approximate surface area is 126 Å². The maximum Gasteiger partial charge on any atom is 0.269 e. The van der Waals surface area contributed by atoms with Crippen LogP contribution in [0.2, 0.25) is 0 Å². The van der Waals surface area contributed by atoms with Crippen molar-refractivity contribution in [2.24, 2.45) is 0 Å². The van der Waals surface area contributed by atoms with E-state index in [4.69, 9.17) is 14.2 Å². The summed E-state index contributed by atoms with van der Waals surface area (Å²) in [4.78, 5) is 26.9. The van der Waals surface area contributed by atoms with Gasteiger partial charge >= 0.3 is 0 Å². The summed E-state index contributed by atoms with van der Waals surface area (Å²) in [5.74, 6) is -1.98. The van der Waals surface area contributed by atoms with Crippen molar-refractivity contribution in [1.29, 1.82) is 0 Å². The average molecular weight is 299 g/mol. The molecular weight excluding hydrogens is 274 g/mol. The van der Waals surface area contributed by atoms with E-state index in [0.29, 0.717) is 32.1 Å². The van der Waals surface area contributed by atoms with Crippen LogP contribution in [0.1, 0.15) is 34.6 Å². The van der Waals surface area contributed by atoms with Crippen molar-refractivity contribution < 1.29 is 23.8 Å². The fourth-order valence-corrected chi connectivity index (χ4v) is 2.33. The van der Waals surface area contributed by atoms with Gasteiger partial charge in [-0.1, -0.05) is 0 Å². The smallest absolute Gasteiger partial charge is 0.269 e. The molecule has 0 unspecified atom stereocenters. The number of amides is 1. The molecule has 6 heteroatoms. The Morgan fingerprint density at radius 3 is 2.14 bits per heavy atom. The Morgan fingerprint density at radius 2 is 1.71 bits per heavy atom. The molecule has 21 heavy (non-hydrogen) atoms. The zero-order valence-electron chi connectivity index (χ0n) is 13.5. The van der Waals surface area contributed by atoms with Crippen LogP contribution in [0.25, 0.3) is 0 Å². The van der Waals surface area contributed by atoms with Gasteiger partial charge in [0.15, 0.2) is 0 Å². The number of hydrogen-bond donors (Lipinski definition) is 0. The van der Waals surface area contributed by atoms with Gasteiger partial charge < -0.3 is 19.1 Å². The quantitative estimate of drug-likeness (QED) is 0.526. The normalized spacial score (nSPS) is 17.7. The molecule has 1 amide bonds. The third-order valence-electron chi connectivity index (χ3n) is 3.42. The molecule has 0 atom stereocenters. The second-order valence-corrected chi connectivity index (χ2v) is 4.65. The Bertz CT molecular complexity index is 420. The monoisotopic (exact) mass is 299 g/mol. The lowest BCUT2D eigenvalue weighted by atomic mass is 9.98. The lowest BCUT2D eigenvalue weighted by Gasteiger charge is -2.36. The Balaban J connectivity index is 3.18. The predicted molar refractivity (Wildman–Crippen MR) is 77.6 cm³/mol. The third-order valence-corrected chi connectivity index (χ3v) is 3.42. The van der Waals surface area contributed by atoms with Gasteiger partial charge in [-0.3, -0.25) is 9.59 Å². The topological polar surface area (TPSA) is 65.1 Å². The molecule has 120 valence electrons. The van der Waals surface area contributed by atoms with Gasteiger partial charge in [0.25, 0.3) is 11.7 Å². The highest BCUT2D eigenvalue weighted by Crippen LogP contribution is 2.29. The van der Waals surface area contributed by atoms with Crippen molar-refractivity contribution in [3.63, 3.8) is 0 Å². The van der Waals surface area contributed by atoms with Gasteiger partial charge in [-0.05, 0) is 34.6 Å². The summed E-state index contributed by atoms with van der Waals surface area (Å²) in [6, 6.07) is 0. The zero-order valence-corrected chi connectivity index (χ0v) is 13.5. The largest absolute Gasteiger partial charge is 0.491 e. The number of ketones is 1. The minimum Gasteiger partial charge on any atom is -0.491 e. The number of ether oxygens (including phenoxy) is 3. The number of likely N-dealkylation sites (N-methyl/N-ethyl adjacent to an activating group) is 1. The first-order valence-corrected chi connectivity index (χ1v) is 7.42. The fourth-order valence-electron chi connectivity index (χ4n) is 2.33. The number of hydrogen-bond acceptors (Lipinski definition) is 5. The minimum atomic E-state index is -1.51. The maximum atomic E-state index is 12.8. The molecule has 0 fully saturated rings. The van der Waals surface area contributed by atoms with Crippen LogP contribution in [0.3, 0.4) is 0 Å². The van der Waals surface area contributed by atoms with Crippen molar-refractivity contribution in [3.05, 3.63) is 11.3 Å². The molecule has 1 aliphatic rings. The molecule has 0 saturated carbocycles. The van der Waals surface area contributed by atoms with Crippen LogP contribution in [-0.4, -0.2) is 55.3 Å². The lowest BCUT2D eigenvalue weighted by molar-refractivity contribution is -0.243. The SMILES string of the molecule is CCOC1(OCC)COC(C)=C(C(=O)N(CC)CC)C1=O. The standard InChI is InChI=1S/C15H25NO5/c1-6-16(7-2)14(18)12-11(5)19-10-15(13(12)17,20-8-3)21-9-4/h6-10H2,1-5H3. The van der Waals surface area contributed by atoms with Crippen molar-refractivity contribution in [2.45, 2.75) is 40.4 Å². The van der Waals surface area contributed by atoms with Crippen LogP contribution in [0.15, 0.2) is 11.3 Å². The highest BCUT2D eigenvalue weighted by molar-refractivity contribution is 6.22. The lowest BCUT2D eigenvalue weighted by Crippen LogP contribution is -2.54. The van der Waals surface area contributed by atoms with Crippen LogP contribution in [0.5, 0.6) is 0 Å². The van der Waals surface area contributed by atoms with Gasteiger partial charge in [-0.25, -0.2) is 0 Å². The van der Waals surface area contributed by atoms with Crippen molar-refractivity contribution in [3.8, 4) is 0 Å². The van der Waals surface area contributed by atoms with Crippen LogP contribution >= 0.6 is 0 Å². The molecule has 0 spiro atoms. The van der Waals surface area contributed by atoms with Crippen LogP contribution < -0.4 is 0 Å². The van der Waals surface area contributed by atoms with Crippen LogP contribution in [0.4, 0.5) is 0 Å². The molecule has 0 saturated heterocycles. The highest BCUT2D eigenvalue weighted by Gasteiger charge is 2.49. The first-order chi connectivity index (χ1) is 9.97. The molecule has 1 rings (SSSR count). The Morgan fingerprint density at radius 1 is 1.19 bits per heavy atom. The average Bonchev–Trinajstić information content (AvgIpc) is 2.45. The van der Waals surface area contributed by atoms with E-state index in [1.165, 1.54) is 0 Å². The van der Waals surface area contributed by atoms with Crippen molar-refractivity contribution in [2.75, 3.05) is 32.9 Å². The first-order valence-electron chi connectivity index (χ1n) is 7.42. The molecule has 0 radical (unpaired) electrons. The van der Waals surface area contributed by atoms with Gasteiger partial charge in [-0.2, -0.15) is 0 Å². The minimum absolute atomic E-state index is 0.0202. The molecular formula is C15H25NO5. The van der Waals surface area contributed by atoms with E-state index < -0.39 is 11.6 Å². The van der Waals surface area contributed by atoms with Crippen LogP contribution in [-0.2, 0) is 23.8 Å². The second kappa shape index (κ2) is 7.56.